The number of carbonyl (C=O) groups is 1. The number of carbonyl (C=O) groups excluding carboxylic acids is 1. The maximum absolute atomic E-state index is 13.2. The van der Waals surface area contributed by atoms with Gasteiger partial charge in [-0.15, -0.1) is 0 Å². The molecule has 0 fully saturated rings. The molecule has 0 saturated carbocycles. The lowest BCUT2D eigenvalue weighted by Gasteiger charge is -2.15. The minimum absolute atomic E-state index is 0.229. The van der Waals surface area contributed by atoms with Gasteiger partial charge in [-0.2, -0.15) is 0 Å². The van der Waals surface area contributed by atoms with E-state index in [1.807, 2.05) is 6.92 Å². The molecule has 0 spiro atoms. The largest absolute Gasteiger partial charge is 0.383 e. The van der Waals surface area contributed by atoms with Crippen molar-refractivity contribution in [2.24, 2.45) is 0 Å². The van der Waals surface area contributed by atoms with Gasteiger partial charge in [0.15, 0.2) is 0 Å². The van der Waals surface area contributed by atoms with Gasteiger partial charge < -0.3 is 10.1 Å². The molecular formula is C20H20ClN3O4. The summed E-state index contributed by atoms with van der Waals surface area (Å²) in [5.74, 6) is -0.356. The Hall–Kier alpha value is -2.90. The van der Waals surface area contributed by atoms with Crippen LogP contribution in [0.2, 0.25) is 5.02 Å². The number of halogens is 1. The maximum atomic E-state index is 13.2. The number of amides is 1. The number of para-hydroxylation sites is 1. The van der Waals surface area contributed by atoms with Gasteiger partial charge in [-0.25, -0.2) is 9.36 Å². The van der Waals surface area contributed by atoms with Crippen molar-refractivity contribution in [2.45, 2.75) is 13.5 Å². The number of aryl methyl sites for hydroxylation is 1. The van der Waals surface area contributed by atoms with Gasteiger partial charge in [0, 0.05) is 13.7 Å². The van der Waals surface area contributed by atoms with Crippen LogP contribution in [0, 0.1) is 6.92 Å². The predicted octanol–water partition coefficient (Wildman–Crippen LogP) is 1.88. The number of ether oxygens (including phenoxy) is 1. The van der Waals surface area contributed by atoms with Gasteiger partial charge in [-0.1, -0.05) is 35.4 Å². The van der Waals surface area contributed by atoms with E-state index in [1.54, 1.807) is 42.5 Å². The lowest BCUT2D eigenvalue weighted by atomic mass is 10.1. The molecule has 0 bridgehead atoms. The van der Waals surface area contributed by atoms with E-state index in [-0.39, 0.29) is 23.2 Å². The van der Waals surface area contributed by atoms with Crippen LogP contribution in [0.25, 0.3) is 16.6 Å². The van der Waals surface area contributed by atoms with Crippen LogP contribution in [0.5, 0.6) is 0 Å². The van der Waals surface area contributed by atoms with Crippen LogP contribution < -0.4 is 16.6 Å². The van der Waals surface area contributed by atoms with Crippen LogP contribution >= 0.6 is 11.6 Å². The first kappa shape index (κ1) is 19.9. The quantitative estimate of drug-likeness (QED) is 0.639. The van der Waals surface area contributed by atoms with Crippen molar-refractivity contribution in [2.75, 3.05) is 20.3 Å². The first-order valence-corrected chi connectivity index (χ1v) is 9.08. The molecule has 0 aliphatic rings. The predicted molar refractivity (Wildman–Crippen MR) is 108 cm³/mol. The van der Waals surface area contributed by atoms with Crippen molar-refractivity contribution in [1.82, 2.24) is 14.5 Å². The Morgan fingerprint density at radius 1 is 1.18 bits per heavy atom. The van der Waals surface area contributed by atoms with Crippen molar-refractivity contribution < 1.29 is 9.53 Å². The maximum Gasteiger partial charge on any atom is 0.336 e. The van der Waals surface area contributed by atoms with Crippen molar-refractivity contribution in [3.63, 3.8) is 0 Å². The number of benzene rings is 2. The fraction of sp³-hybridized carbons (Fsp3) is 0.250. The highest BCUT2D eigenvalue weighted by atomic mass is 35.5. The zero-order valence-electron chi connectivity index (χ0n) is 15.6. The van der Waals surface area contributed by atoms with Crippen LogP contribution in [0.15, 0.2) is 52.1 Å². The molecule has 1 amide bonds. The molecule has 0 unspecified atom stereocenters. The number of nitrogens with zero attached hydrogens (tertiary/aromatic N) is 2. The lowest BCUT2D eigenvalue weighted by Crippen LogP contribution is -2.42. The minimum Gasteiger partial charge on any atom is -0.383 e. The molecule has 1 heterocycles. The molecule has 0 saturated heterocycles. The summed E-state index contributed by atoms with van der Waals surface area (Å²) in [6.07, 6.45) is 0. The molecular weight excluding hydrogens is 382 g/mol. The third-order valence-corrected chi connectivity index (χ3v) is 4.64. The first-order chi connectivity index (χ1) is 13.4. The molecule has 0 radical (unpaired) electrons. The number of fused-ring (bicyclic) bond motifs is 1. The van der Waals surface area contributed by atoms with Crippen LogP contribution in [0.1, 0.15) is 5.56 Å². The van der Waals surface area contributed by atoms with Gasteiger partial charge in [0.2, 0.25) is 5.91 Å². The normalized spacial score (nSPS) is 11.0. The Morgan fingerprint density at radius 2 is 1.93 bits per heavy atom. The highest BCUT2D eigenvalue weighted by Gasteiger charge is 2.18. The Bertz CT molecular complexity index is 1150. The van der Waals surface area contributed by atoms with Gasteiger partial charge in [-0.3, -0.25) is 14.2 Å². The highest BCUT2D eigenvalue weighted by Crippen LogP contribution is 2.18. The molecule has 8 heteroatoms. The van der Waals surface area contributed by atoms with E-state index >= 15 is 0 Å². The number of nitrogens with one attached hydrogen (secondary N) is 1. The van der Waals surface area contributed by atoms with Gasteiger partial charge in [0.25, 0.3) is 5.56 Å². The zero-order chi connectivity index (χ0) is 20.3. The molecule has 7 nitrogen and oxygen atoms in total. The summed E-state index contributed by atoms with van der Waals surface area (Å²) in [6.45, 7) is 2.31. The molecule has 28 heavy (non-hydrogen) atoms. The molecule has 146 valence electrons. The standard InChI is InChI=1S/C20H20ClN3O4/c1-13-7-8-16-14(11-13)19(26)24(17-6-4-3-5-15(17)21)20(27)23(16)12-18(25)22-9-10-28-2/h3-8,11H,9-10,12H2,1-2H3,(H,22,25). The molecule has 0 aliphatic carbocycles. The summed E-state index contributed by atoms with van der Waals surface area (Å²) in [6, 6.07) is 11.8. The van der Waals surface area contributed by atoms with Crippen molar-refractivity contribution in [1.29, 1.82) is 0 Å². The molecule has 0 aliphatic heterocycles. The second kappa shape index (κ2) is 8.41. The monoisotopic (exact) mass is 401 g/mol. The SMILES string of the molecule is COCCNC(=O)Cn1c(=O)n(-c2ccccc2Cl)c(=O)c2cc(C)ccc21. The highest BCUT2D eigenvalue weighted by molar-refractivity contribution is 6.32. The topological polar surface area (TPSA) is 82.3 Å². The fourth-order valence-electron chi connectivity index (χ4n) is 2.98. The van der Waals surface area contributed by atoms with Crippen molar-refractivity contribution in [3.8, 4) is 5.69 Å². The van der Waals surface area contributed by atoms with E-state index in [4.69, 9.17) is 16.3 Å². The fourth-order valence-corrected chi connectivity index (χ4v) is 3.20. The van der Waals surface area contributed by atoms with Gasteiger partial charge >= 0.3 is 5.69 Å². The van der Waals surface area contributed by atoms with E-state index in [2.05, 4.69) is 5.32 Å². The lowest BCUT2D eigenvalue weighted by molar-refractivity contribution is -0.121. The summed E-state index contributed by atoms with van der Waals surface area (Å²) in [4.78, 5) is 38.6. The number of hydrogen-bond donors (Lipinski definition) is 1. The van der Waals surface area contributed by atoms with Crippen LogP contribution in [-0.4, -0.2) is 35.3 Å². The van der Waals surface area contributed by atoms with Gasteiger partial charge in [0.05, 0.1) is 28.2 Å². The van der Waals surface area contributed by atoms with Crippen LogP contribution in [0.3, 0.4) is 0 Å². The van der Waals surface area contributed by atoms with Crippen LogP contribution in [0.4, 0.5) is 0 Å². The van der Waals surface area contributed by atoms with Gasteiger partial charge in [-0.05, 0) is 31.2 Å². The number of hydrogen-bond acceptors (Lipinski definition) is 4. The molecule has 1 N–H and O–H groups in total. The smallest absolute Gasteiger partial charge is 0.336 e. The average Bonchev–Trinajstić information content (AvgIpc) is 2.67. The van der Waals surface area contributed by atoms with Crippen molar-refractivity contribution in [3.05, 3.63) is 73.9 Å². The molecule has 0 atom stereocenters. The summed E-state index contributed by atoms with van der Waals surface area (Å²) in [7, 11) is 1.53. The Balaban J connectivity index is 2.23. The van der Waals surface area contributed by atoms with Crippen molar-refractivity contribution >= 4 is 28.4 Å². The first-order valence-electron chi connectivity index (χ1n) is 8.71. The molecule has 3 rings (SSSR count). The van der Waals surface area contributed by atoms with E-state index in [9.17, 15) is 14.4 Å². The van der Waals surface area contributed by atoms with E-state index in [1.165, 1.54) is 11.7 Å². The number of aromatic nitrogens is 2. The number of methoxy groups -OCH3 is 1. The summed E-state index contributed by atoms with van der Waals surface area (Å²) in [5.41, 5.74) is 0.427. The minimum atomic E-state index is -0.628. The van der Waals surface area contributed by atoms with E-state index < -0.39 is 11.2 Å². The van der Waals surface area contributed by atoms with Crippen LogP contribution in [-0.2, 0) is 16.1 Å². The number of rotatable bonds is 6. The third kappa shape index (κ3) is 3.85. The van der Waals surface area contributed by atoms with E-state index in [0.29, 0.717) is 24.1 Å². The second-order valence-corrected chi connectivity index (χ2v) is 6.73. The summed E-state index contributed by atoms with van der Waals surface area (Å²) in [5, 5.41) is 3.29. The second-order valence-electron chi connectivity index (χ2n) is 6.32. The van der Waals surface area contributed by atoms with E-state index in [0.717, 1.165) is 10.1 Å². The molecule has 2 aromatic carbocycles. The Morgan fingerprint density at radius 3 is 2.64 bits per heavy atom. The van der Waals surface area contributed by atoms with Gasteiger partial charge in [0.1, 0.15) is 6.54 Å². The Labute approximate surface area is 166 Å². The average molecular weight is 402 g/mol. The molecule has 1 aromatic heterocycles. The zero-order valence-corrected chi connectivity index (χ0v) is 16.3. The summed E-state index contributed by atoms with van der Waals surface area (Å²) >= 11 is 6.23. The Kier molecular flexibility index (Phi) is 5.96. The molecule has 3 aromatic rings. The summed E-state index contributed by atoms with van der Waals surface area (Å²) < 4.78 is 7.20. The third-order valence-electron chi connectivity index (χ3n) is 4.32.